The third-order valence-electron chi connectivity index (χ3n) is 2.65. The van der Waals surface area contributed by atoms with Crippen molar-refractivity contribution in [1.29, 1.82) is 0 Å². The average Bonchev–Trinajstić information content (AvgIpc) is 2.33. The van der Waals surface area contributed by atoms with Crippen molar-refractivity contribution in [3.63, 3.8) is 0 Å². The predicted octanol–water partition coefficient (Wildman–Crippen LogP) is 1.67. The van der Waals surface area contributed by atoms with E-state index in [-0.39, 0.29) is 11.8 Å². The van der Waals surface area contributed by atoms with Gasteiger partial charge in [0.05, 0.1) is 10.9 Å². The number of amides is 1. The normalized spacial score (nSPS) is 20.4. The Hall–Kier alpha value is -1.13. The van der Waals surface area contributed by atoms with E-state index in [1.807, 2.05) is 0 Å². The van der Waals surface area contributed by atoms with Crippen molar-refractivity contribution < 1.29 is 4.79 Å². The molecule has 2 heterocycles. The Morgan fingerprint density at radius 1 is 1.56 bits per heavy atom. The molecule has 1 aliphatic heterocycles. The van der Waals surface area contributed by atoms with E-state index in [1.165, 1.54) is 6.20 Å². The zero-order valence-electron chi connectivity index (χ0n) is 8.87. The second-order valence-electron chi connectivity index (χ2n) is 3.89. The predicted molar refractivity (Wildman–Crippen MR) is 63.5 cm³/mol. The molecule has 0 bridgehead atoms. The molecule has 0 aliphatic carbocycles. The van der Waals surface area contributed by atoms with Crippen molar-refractivity contribution in [2.24, 2.45) is 5.92 Å². The molecule has 1 saturated heterocycles. The molecule has 1 aromatic rings. The minimum atomic E-state index is 0.0297. The van der Waals surface area contributed by atoms with Crippen LogP contribution >= 0.6 is 11.6 Å². The third kappa shape index (κ3) is 2.93. The number of hydrogen-bond acceptors (Lipinski definition) is 3. The van der Waals surface area contributed by atoms with E-state index < -0.39 is 0 Å². The highest BCUT2D eigenvalue weighted by atomic mass is 35.5. The SMILES string of the molecule is O=C(Nc1ccc(Cl)cn1)C1CCCNC1. The first-order valence-corrected chi connectivity index (χ1v) is 5.76. The van der Waals surface area contributed by atoms with Crippen LogP contribution in [0.15, 0.2) is 18.3 Å². The summed E-state index contributed by atoms with van der Waals surface area (Å²) in [6.45, 7) is 1.75. The van der Waals surface area contributed by atoms with Crippen molar-refractivity contribution in [3.05, 3.63) is 23.4 Å². The number of aromatic nitrogens is 1. The molecule has 0 spiro atoms. The molecule has 1 unspecified atom stereocenters. The van der Waals surface area contributed by atoms with Crippen LogP contribution in [0.25, 0.3) is 0 Å². The van der Waals surface area contributed by atoms with Crippen LogP contribution in [0.5, 0.6) is 0 Å². The van der Waals surface area contributed by atoms with Gasteiger partial charge in [0, 0.05) is 12.7 Å². The standard InChI is InChI=1S/C11H14ClN3O/c12-9-3-4-10(14-7-9)15-11(16)8-2-1-5-13-6-8/h3-4,7-8,13H,1-2,5-6H2,(H,14,15,16). The Balaban J connectivity index is 1.93. The summed E-state index contributed by atoms with van der Waals surface area (Å²) in [6, 6.07) is 3.42. The fraction of sp³-hybridized carbons (Fsp3) is 0.455. The van der Waals surface area contributed by atoms with Gasteiger partial charge in [0.1, 0.15) is 5.82 Å². The molecule has 5 heteroatoms. The number of piperidine rings is 1. The number of carbonyl (C=O) groups is 1. The molecular weight excluding hydrogens is 226 g/mol. The zero-order chi connectivity index (χ0) is 11.4. The molecule has 1 atom stereocenters. The minimum absolute atomic E-state index is 0.0297. The van der Waals surface area contributed by atoms with Crippen LogP contribution in [0.1, 0.15) is 12.8 Å². The van der Waals surface area contributed by atoms with Crippen LogP contribution in [0.4, 0.5) is 5.82 Å². The molecule has 0 aromatic carbocycles. The first kappa shape index (κ1) is 11.4. The van der Waals surface area contributed by atoms with Crippen LogP contribution in [-0.4, -0.2) is 24.0 Å². The Morgan fingerprint density at radius 3 is 3.06 bits per heavy atom. The Bertz CT molecular complexity index is 360. The molecule has 0 radical (unpaired) electrons. The fourth-order valence-electron chi connectivity index (χ4n) is 1.75. The lowest BCUT2D eigenvalue weighted by Crippen LogP contribution is -2.37. The maximum atomic E-state index is 11.8. The van der Waals surface area contributed by atoms with Crippen molar-refractivity contribution in [2.45, 2.75) is 12.8 Å². The van der Waals surface area contributed by atoms with E-state index in [2.05, 4.69) is 15.6 Å². The lowest BCUT2D eigenvalue weighted by molar-refractivity contribution is -0.120. The van der Waals surface area contributed by atoms with Gasteiger partial charge in [0.2, 0.25) is 5.91 Å². The lowest BCUT2D eigenvalue weighted by Gasteiger charge is -2.21. The number of hydrogen-bond donors (Lipinski definition) is 2. The molecular formula is C11H14ClN3O. The minimum Gasteiger partial charge on any atom is -0.316 e. The lowest BCUT2D eigenvalue weighted by atomic mass is 9.99. The number of carbonyl (C=O) groups excluding carboxylic acids is 1. The molecule has 16 heavy (non-hydrogen) atoms. The van der Waals surface area contributed by atoms with E-state index in [9.17, 15) is 4.79 Å². The highest BCUT2D eigenvalue weighted by Gasteiger charge is 2.20. The van der Waals surface area contributed by atoms with Gasteiger partial charge < -0.3 is 10.6 Å². The van der Waals surface area contributed by atoms with Gasteiger partial charge in [-0.05, 0) is 31.5 Å². The Morgan fingerprint density at radius 2 is 2.44 bits per heavy atom. The molecule has 2 rings (SSSR count). The summed E-state index contributed by atoms with van der Waals surface area (Å²) in [5.74, 6) is 0.633. The van der Waals surface area contributed by atoms with E-state index in [0.29, 0.717) is 10.8 Å². The molecule has 4 nitrogen and oxygen atoms in total. The van der Waals surface area contributed by atoms with Crippen molar-refractivity contribution >= 4 is 23.3 Å². The van der Waals surface area contributed by atoms with Gasteiger partial charge in [-0.25, -0.2) is 4.98 Å². The molecule has 86 valence electrons. The van der Waals surface area contributed by atoms with E-state index in [0.717, 1.165) is 25.9 Å². The van der Waals surface area contributed by atoms with E-state index in [1.54, 1.807) is 12.1 Å². The summed E-state index contributed by atoms with van der Waals surface area (Å²) in [7, 11) is 0. The maximum absolute atomic E-state index is 11.8. The van der Waals surface area contributed by atoms with Crippen LogP contribution in [-0.2, 0) is 4.79 Å². The van der Waals surface area contributed by atoms with Gasteiger partial charge in [0.15, 0.2) is 0 Å². The quantitative estimate of drug-likeness (QED) is 0.826. The molecule has 1 aromatic heterocycles. The maximum Gasteiger partial charge on any atom is 0.229 e. The van der Waals surface area contributed by atoms with Gasteiger partial charge in [0.25, 0.3) is 0 Å². The van der Waals surface area contributed by atoms with Crippen molar-refractivity contribution in [1.82, 2.24) is 10.3 Å². The molecule has 2 N–H and O–H groups in total. The smallest absolute Gasteiger partial charge is 0.229 e. The highest BCUT2D eigenvalue weighted by Crippen LogP contribution is 2.14. The summed E-state index contributed by atoms with van der Waals surface area (Å²) < 4.78 is 0. The fourth-order valence-corrected chi connectivity index (χ4v) is 1.87. The number of halogens is 1. The largest absolute Gasteiger partial charge is 0.316 e. The summed E-state index contributed by atoms with van der Waals surface area (Å²) >= 11 is 5.71. The first-order valence-electron chi connectivity index (χ1n) is 5.39. The van der Waals surface area contributed by atoms with Crippen molar-refractivity contribution in [2.75, 3.05) is 18.4 Å². The summed E-state index contributed by atoms with van der Waals surface area (Å²) in [5.41, 5.74) is 0. The van der Waals surface area contributed by atoms with E-state index >= 15 is 0 Å². The summed E-state index contributed by atoms with van der Waals surface area (Å²) in [6.07, 6.45) is 3.51. The average molecular weight is 240 g/mol. The molecule has 1 fully saturated rings. The highest BCUT2D eigenvalue weighted by molar-refractivity contribution is 6.30. The number of rotatable bonds is 2. The molecule has 0 saturated carbocycles. The summed E-state index contributed by atoms with van der Waals surface area (Å²) in [5, 5.41) is 6.57. The van der Waals surface area contributed by atoms with Crippen LogP contribution in [0.2, 0.25) is 5.02 Å². The summed E-state index contributed by atoms with van der Waals surface area (Å²) in [4.78, 5) is 15.9. The van der Waals surface area contributed by atoms with Gasteiger partial charge in [-0.15, -0.1) is 0 Å². The first-order chi connectivity index (χ1) is 7.75. The van der Waals surface area contributed by atoms with Gasteiger partial charge in [-0.3, -0.25) is 4.79 Å². The van der Waals surface area contributed by atoms with Gasteiger partial charge in [-0.2, -0.15) is 0 Å². The number of pyridine rings is 1. The Labute approximate surface area is 99.4 Å². The van der Waals surface area contributed by atoms with Gasteiger partial charge in [-0.1, -0.05) is 11.6 Å². The number of anilines is 1. The third-order valence-corrected chi connectivity index (χ3v) is 2.87. The molecule has 1 amide bonds. The van der Waals surface area contributed by atoms with Crippen molar-refractivity contribution in [3.8, 4) is 0 Å². The second-order valence-corrected chi connectivity index (χ2v) is 4.33. The zero-order valence-corrected chi connectivity index (χ0v) is 9.63. The van der Waals surface area contributed by atoms with Crippen LogP contribution in [0.3, 0.4) is 0 Å². The molecule has 1 aliphatic rings. The number of nitrogens with one attached hydrogen (secondary N) is 2. The van der Waals surface area contributed by atoms with E-state index in [4.69, 9.17) is 11.6 Å². The monoisotopic (exact) mass is 239 g/mol. The van der Waals surface area contributed by atoms with Crippen LogP contribution < -0.4 is 10.6 Å². The topological polar surface area (TPSA) is 54.0 Å². The second kappa shape index (κ2) is 5.27. The number of nitrogens with zero attached hydrogens (tertiary/aromatic N) is 1. The van der Waals surface area contributed by atoms with Gasteiger partial charge >= 0.3 is 0 Å². The van der Waals surface area contributed by atoms with Crippen LogP contribution in [0, 0.1) is 5.92 Å². The Kier molecular flexibility index (Phi) is 3.74.